The summed E-state index contributed by atoms with van der Waals surface area (Å²) in [6.45, 7) is 6.34. The van der Waals surface area contributed by atoms with Crippen molar-refractivity contribution in [1.29, 1.82) is 0 Å². The zero-order chi connectivity index (χ0) is 14.2. The molecule has 3 unspecified atom stereocenters. The molecule has 2 nitrogen and oxygen atoms in total. The lowest BCUT2D eigenvalue weighted by atomic mass is 9.78. The molecule has 1 aromatic carbocycles. The highest BCUT2D eigenvalue weighted by atomic mass is 15.3. The van der Waals surface area contributed by atoms with Gasteiger partial charge in [0.15, 0.2) is 0 Å². The summed E-state index contributed by atoms with van der Waals surface area (Å²) in [6.07, 6.45) is 7.17. The predicted molar refractivity (Wildman–Crippen MR) is 87.3 cm³/mol. The first-order chi connectivity index (χ1) is 10.3. The molecule has 2 aliphatic heterocycles. The van der Waals surface area contributed by atoms with Gasteiger partial charge in [-0.25, -0.2) is 0 Å². The number of hydrogen-bond donors (Lipinski definition) is 0. The number of piperazine rings is 1. The van der Waals surface area contributed by atoms with Crippen molar-refractivity contribution in [1.82, 2.24) is 9.80 Å². The van der Waals surface area contributed by atoms with E-state index in [1.165, 1.54) is 57.3 Å². The minimum atomic E-state index is 0.608. The lowest BCUT2D eigenvalue weighted by molar-refractivity contribution is -0.00772. The minimum absolute atomic E-state index is 0.608. The molecule has 114 valence electrons. The van der Waals surface area contributed by atoms with Gasteiger partial charge in [0.25, 0.3) is 0 Å². The Balaban J connectivity index is 1.59. The van der Waals surface area contributed by atoms with E-state index >= 15 is 0 Å². The summed E-state index contributed by atoms with van der Waals surface area (Å²) in [6, 6.07) is 13.4. The van der Waals surface area contributed by atoms with E-state index in [9.17, 15) is 0 Å². The Labute approximate surface area is 129 Å². The maximum absolute atomic E-state index is 2.85. The molecule has 0 bridgehead atoms. The van der Waals surface area contributed by atoms with Gasteiger partial charge < -0.3 is 0 Å². The summed E-state index contributed by atoms with van der Waals surface area (Å²) in [5, 5.41) is 0. The lowest BCUT2D eigenvalue weighted by Crippen LogP contribution is -2.56. The standard InChI is InChI=1S/C19H28N2/c1-15(16-9-5-10-16)21-13-18-11-6-12-20(18)14-19(21)17-7-3-2-4-8-17/h2-4,7-8,15-16,18-19H,5-6,9-14H2,1H3. The van der Waals surface area contributed by atoms with Gasteiger partial charge >= 0.3 is 0 Å². The average Bonchev–Trinajstić information content (AvgIpc) is 2.92. The smallest absolute Gasteiger partial charge is 0.0478 e. The van der Waals surface area contributed by atoms with Gasteiger partial charge in [0, 0.05) is 31.2 Å². The fourth-order valence-electron chi connectivity index (χ4n) is 4.66. The summed E-state index contributed by atoms with van der Waals surface area (Å²) in [5.74, 6) is 0.948. The van der Waals surface area contributed by atoms with E-state index in [1.54, 1.807) is 0 Å². The fourth-order valence-corrected chi connectivity index (χ4v) is 4.66. The van der Waals surface area contributed by atoms with Gasteiger partial charge in [0.2, 0.25) is 0 Å². The van der Waals surface area contributed by atoms with Gasteiger partial charge in [0.05, 0.1) is 0 Å². The van der Waals surface area contributed by atoms with Gasteiger partial charge in [-0.3, -0.25) is 9.80 Å². The third-order valence-electron chi connectivity index (χ3n) is 6.27. The normalized spacial score (nSPS) is 32.6. The molecular formula is C19H28N2. The van der Waals surface area contributed by atoms with E-state index < -0.39 is 0 Å². The van der Waals surface area contributed by atoms with Crippen LogP contribution in [0.5, 0.6) is 0 Å². The van der Waals surface area contributed by atoms with Gasteiger partial charge in [-0.15, -0.1) is 0 Å². The molecule has 2 saturated heterocycles. The zero-order valence-corrected chi connectivity index (χ0v) is 13.2. The van der Waals surface area contributed by atoms with Crippen LogP contribution in [-0.2, 0) is 0 Å². The van der Waals surface area contributed by atoms with E-state index in [4.69, 9.17) is 0 Å². The number of hydrogen-bond acceptors (Lipinski definition) is 2. The maximum atomic E-state index is 2.85. The summed E-state index contributed by atoms with van der Waals surface area (Å²) < 4.78 is 0. The first-order valence-corrected chi connectivity index (χ1v) is 8.87. The second-order valence-corrected chi connectivity index (χ2v) is 7.35. The number of fused-ring (bicyclic) bond motifs is 1. The molecule has 2 heterocycles. The van der Waals surface area contributed by atoms with Crippen molar-refractivity contribution in [3.05, 3.63) is 35.9 Å². The van der Waals surface area contributed by atoms with Crippen LogP contribution in [0.2, 0.25) is 0 Å². The van der Waals surface area contributed by atoms with Crippen LogP contribution in [-0.4, -0.2) is 41.5 Å². The monoisotopic (exact) mass is 284 g/mol. The molecule has 3 atom stereocenters. The van der Waals surface area contributed by atoms with Crippen LogP contribution >= 0.6 is 0 Å². The van der Waals surface area contributed by atoms with Crippen molar-refractivity contribution >= 4 is 0 Å². The molecule has 1 aliphatic carbocycles. The van der Waals surface area contributed by atoms with E-state index in [2.05, 4.69) is 47.1 Å². The Morgan fingerprint density at radius 3 is 2.52 bits per heavy atom. The quantitative estimate of drug-likeness (QED) is 0.835. The first kappa shape index (κ1) is 13.8. The van der Waals surface area contributed by atoms with Gasteiger partial charge in [-0.2, -0.15) is 0 Å². The van der Waals surface area contributed by atoms with Crippen LogP contribution in [0.15, 0.2) is 30.3 Å². The molecule has 0 radical (unpaired) electrons. The Morgan fingerprint density at radius 1 is 1.00 bits per heavy atom. The van der Waals surface area contributed by atoms with Crippen molar-refractivity contribution in [2.75, 3.05) is 19.6 Å². The second kappa shape index (κ2) is 5.73. The van der Waals surface area contributed by atoms with Crippen LogP contribution in [0.25, 0.3) is 0 Å². The van der Waals surface area contributed by atoms with Gasteiger partial charge in [-0.1, -0.05) is 36.8 Å². The van der Waals surface area contributed by atoms with E-state index in [-0.39, 0.29) is 0 Å². The molecule has 4 rings (SSSR count). The largest absolute Gasteiger partial charge is 0.297 e. The van der Waals surface area contributed by atoms with Crippen molar-refractivity contribution in [2.45, 2.75) is 57.2 Å². The minimum Gasteiger partial charge on any atom is -0.297 e. The van der Waals surface area contributed by atoms with Gasteiger partial charge in [0.1, 0.15) is 0 Å². The highest BCUT2D eigenvalue weighted by molar-refractivity contribution is 5.21. The second-order valence-electron chi connectivity index (χ2n) is 7.35. The third-order valence-corrected chi connectivity index (χ3v) is 6.27. The maximum Gasteiger partial charge on any atom is 0.0478 e. The average molecular weight is 284 g/mol. The van der Waals surface area contributed by atoms with E-state index in [0.717, 1.165) is 18.0 Å². The SMILES string of the molecule is CC(C1CCC1)N1CC2CCCN2CC1c1ccccc1. The number of nitrogens with zero attached hydrogens (tertiary/aromatic N) is 2. The van der Waals surface area contributed by atoms with E-state index in [0.29, 0.717) is 6.04 Å². The molecule has 1 aromatic rings. The van der Waals surface area contributed by atoms with Crippen LogP contribution in [0.1, 0.15) is 50.6 Å². The summed E-state index contributed by atoms with van der Waals surface area (Å²) in [5.41, 5.74) is 1.52. The van der Waals surface area contributed by atoms with Crippen molar-refractivity contribution < 1.29 is 0 Å². The fraction of sp³-hybridized carbons (Fsp3) is 0.684. The van der Waals surface area contributed by atoms with Crippen LogP contribution in [0.3, 0.4) is 0 Å². The Bertz CT molecular complexity index is 468. The van der Waals surface area contributed by atoms with Crippen LogP contribution in [0.4, 0.5) is 0 Å². The zero-order valence-electron chi connectivity index (χ0n) is 13.2. The number of rotatable bonds is 3. The Kier molecular flexibility index (Phi) is 3.76. The summed E-state index contributed by atoms with van der Waals surface area (Å²) in [7, 11) is 0. The summed E-state index contributed by atoms with van der Waals surface area (Å²) >= 11 is 0. The highest BCUT2D eigenvalue weighted by Gasteiger charge is 2.41. The van der Waals surface area contributed by atoms with Crippen molar-refractivity contribution in [3.8, 4) is 0 Å². The third kappa shape index (κ3) is 2.53. The van der Waals surface area contributed by atoms with E-state index in [1.807, 2.05) is 0 Å². The van der Waals surface area contributed by atoms with Gasteiger partial charge in [-0.05, 0) is 50.6 Å². The molecule has 1 saturated carbocycles. The Morgan fingerprint density at radius 2 is 1.81 bits per heavy atom. The molecular weight excluding hydrogens is 256 g/mol. The van der Waals surface area contributed by atoms with Crippen molar-refractivity contribution in [3.63, 3.8) is 0 Å². The lowest BCUT2D eigenvalue weighted by Gasteiger charge is -2.50. The molecule has 2 heteroatoms. The number of benzene rings is 1. The molecule has 21 heavy (non-hydrogen) atoms. The first-order valence-electron chi connectivity index (χ1n) is 8.87. The topological polar surface area (TPSA) is 6.48 Å². The van der Waals surface area contributed by atoms with Crippen molar-refractivity contribution in [2.24, 2.45) is 5.92 Å². The molecule has 3 aliphatic rings. The van der Waals surface area contributed by atoms with Crippen LogP contribution < -0.4 is 0 Å². The molecule has 3 fully saturated rings. The van der Waals surface area contributed by atoms with Crippen LogP contribution in [0, 0.1) is 5.92 Å². The molecule has 0 aromatic heterocycles. The highest BCUT2D eigenvalue weighted by Crippen LogP contribution is 2.39. The Hall–Kier alpha value is -0.860. The molecule has 0 amide bonds. The summed E-state index contributed by atoms with van der Waals surface area (Å²) in [4.78, 5) is 5.60. The molecule has 0 N–H and O–H groups in total. The molecule has 0 spiro atoms. The predicted octanol–water partition coefficient (Wildman–Crippen LogP) is 3.70.